The molecule has 5 heteroatoms. The molecule has 0 aromatic carbocycles. The standard InChI is InChI=1S/C15H19NO3S/c1-2-8-16-14(17)10-19-15(18)13-9-11-6-4-3-5-7-12(11)20-13/h2,9H,1,3-8,10H2,(H,16,17). The minimum absolute atomic E-state index is 0.241. The van der Waals surface area contributed by atoms with Crippen molar-refractivity contribution < 1.29 is 14.3 Å². The van der Waals surface area contributed by atoms with Gasteiger partial charge < -0.3 is 10.1 Å². The van der Waals surface area contributed by atoms with E-state index < -0.39 is 5.97 Å². The lowest BCUT2D eigenvalue weighted by atomic mass is 10.1. The summed E-state index contributed by atoms with van der Waals surface area (Å²) >= 11 is 1.50. The summed E-state index contributed by atoms with van der Waals surface area (Å²) in [5.41, 5.74) is 1.27. The van der Waals surface area contributed by atoms with Crippen molar-refractivity contribution in [2.45, 2.75) is 32.1 Å². The molecule has 0 bridgehead atoms. The minimum Gasteiger partial charge on any atom is -0.451 e. The Morgan fingerprint density at radius 1 is 1.35 bits per heavy atom. The van der Waals surface area contributed by atoms with Crippen LogP contribution in [0.5, 0.6) is 0 Å². The van der Waals surface area contributed by atoms with Gasteiger partial charge in [-0.15, -0.1) is 17.9 Å². The van der Waals surface area contributed by atoms with Gasteiger partial charge in [-0.25, -0.2) is 4.79 Å². The fourth-order valence-electron chi connectivity index (χ4n) is 2.21. The first-order valence-electron chi connectivity index (χ1n) is 6.87. The zero-order valence-electron chi connectivity index (χ0n) is 11.4. The Morgan fingerprint density at radius 2 is 2.15 bits per heavy atom. The molecule has 0 saturated heterocycles. The predicted molar refractivity (Wildman–Crippen MR) is 79.1 cm³/mol. The van der Waals surface area contributed by atoms with Crippen molar-refractivity contribution in [2.75, 3.05) is 13.2 Å². The van der Waals surface area contributed by atoms with E-state index in [2.05, 4.69) is 11.9 Å². The number of ether oxygens (including phenoxy) is 1. The number of fused-ring (bicyclic) bond motifs is 1. The zero-order chi connectivity index (χ0) is 14.4. The fourth-order valence-corrected chi connectivity index (χ4v) is 3.35. The molecule has 20 heavy (non-hydrogen) atoms. The van der Waals surface area contributed by atoms with Gasteiger partial charge in [0.25, 0.3) is 5.91 Å². The van der Waals surface area contributed by atoms with E-state index in [0.717, 1.165) is 12.8 Å². The average Bonchev–Trinajstić information content (AvgIpc) is 2.73. The van der Waals surface area contributed by atoms with Crippen LogP contribution >= 0.6 is 11.3 Å². The zero-order valence-corrected chi connectivity index (χ0v) is 12.3. The molecule has 1 N–H and O–H groups in total. The van der Waals surface area contributed by atoms with Crippen LogP contribution in [0.4, 0.5) is 0 Å². The van der Waals surface area contributed by atoms with E-state index in [0.29, 0.717) is 11.4 Å². The number of thiophene rings is 1. The van der Waals surface area contributed by atoms with Gasteiger partial charge in [0.2, 0.25) is 0 Å². The molecular formula is C15H19NO3S. The normalized spacial score (nSPS) is 14.0. The number of hydrogen-bond acceptors (Lipinski definition) is 4. The molecule has 0 saturated carbocycles. The Balaban J connectivity index is 1.89. The van der Waals surface area contributed by atoms with Crippen molar-refractivity contribution in [1.82, 2.24) is 5.32 Å². The van der Waals surface area contributed by atoms with Gasteiger partial charge in [0, 0.05) is 11.4 Å². The van der Waals surface area contributed by atoms with Gasteiger partial charge in [-0.2, -0.15) is 0 Å². The van der Waals surface area contributed by atoms with Crippen LogP contribution in [-0.2, 0) is 22.4 Å². The topological polar surface area (TPSA) is 55.4 Å². The molecule has 1 amide bonds. The average molecular weight is 293 g/mol. The van der Waals surface area contributed by atoms with Crippen LogP contribution in [0.3, 0.4) is 0 Å². The number of rotatable bonds is 5. The molecule has 1 aliphatic rings. The molecular weight excluding hydrogens is 274 g/mol. The molecule has 0 unspecified atom stereocenters. The molecule has 1 aromatic heterocycles. The second-order valence-corrected chi connectivity index (χ2v) is 5.93. The Labute approximate surface area is 122 Å². The Hall–Kier alpha value is -1.62. The van der Waals surface area contributed by atoms with Crippen LogP contribution in [0.25, 0.3) is 0 Å². The second-order valence-electron chi connectivity index (χ2n) is 4.79. The van der Waals surface area contributed by atoms with Crippen molar-refractivity contribution in [3.05, 3.63) is 34.0 Å². The number of carbonyl (C=O) groups excluding carboxylic acids is 2. The van der Waals surface area contributed by atoms with Crippen LogP contribution in [0.2, 0.25) is 0 Å². The van der Waals surface area contributed by atoms with Gasteiger partial charge in [-0.1, -0.05) is 12.5 Å². The Morgan fingerprint density at radius 3 is 2.95 bits per heavy atom. The molecule has 0 fully saturated rings. The maximum atomic E-state index is 11.9. The predicted octanol–water partition coefficient (Wildman–Crippen LogP) is 2.48. The van der Waals surface area contributed by atoms with E-state index in [1.807, 2.05) is 6.07 Å². The molecule has 4 nitrogen and oxygen atoms in total. The first kappa shape index (κ1) is 14.8. The van der Waals surface area contributed by atoms with Crippen LogP contribution in [-0.4, -0.2) is 25.0 Å². The fraction of sp³-hybridized carbons (Fsp3) is 0.467. The van der Waals surface area contributed by atoms with Gasteiger partial charge in [0.1, 0.15) is 4.88 Å². The van der Waals surface area contributed by atoms with Gasteiger partial charge >= 0.3 is 5.97 Å². The molecule has 2 rings (SSSR count). The van der Waals surface area contributed by atoms with E-state index in [9.17, 15) is 9.59 Å². The quantitative estimate of drug-likeness (QED) is 0.515. The van der Waals surface area contributed by atoms with Crippen LogP contribution in [0.15, 0.2) is 18.7 Å². The molecule has 1 aromatic rings. The van der Waals surface area contributed by atoms with Crippen molar-refractivity contribution in [3.63, 3.8) is 0 Å². The maximum Gasteiger partial charge on any atom is 0.348 e. The van der Waals surface area contributed by atoms with E-state index in [4.69, 9.17) is 4.74 Å². The van der Waals surface area contributed by atoms with Crippen molar-refractivity contribution in [2.24, 2.45) is 0 Å². The molecule has 0 aliphatic heterocycles. The first-order chi connectivity index (χ1) is 9.70. The third-order valence-corrected chi connectivity index (χ3v) is 4.44. The summed E-state index contributed by atoms with van der Waals surface area (Å²) < 4.78 is 5.02. The molecule has 0 radical (unpaired) electrons. The van der Waals surface area contributed by atoms with E-state index in [1.54, 1.807) is 6.08 Å². The highest BCUT2D eigenvalue weighted by molar-refractivity contribution is 7.14. The smallest absolute Gasteiger partial charge is 0.348 e. The van der Waals surface area contributed by atoms with Crippen LogP contribution < -0.4 is 5.32 Å². The summed E-state index contributed by atoms with van der Waals surface area (Å²) in [6.07, 6.45) is 7.29. The van der Waals surface area contributed by atoms with Crippen LogP contribution in [0.1, 0.15) is 39.4 Å². The van der Waals surface area contributed by atoms with E-state index >= 15 is 0 Å². The number of amides is 1. The highest BCUT2D eigenvalue weighted by Gasteiger charge is 2.18. The van der Waals surface area contributed by atoms with Gasteiger partial charge in [-0.05, 0) is 37.3 Å². The highest BCUT2D eigenvalue weighted by atomic mass is 32.1. The van der Waals surface area contributed by atoms with Gasteiger partial charge in [0.15, 0.2) is 6.61 Å². The molecule has 1 heterocycles. The third kappa shape index (κ3) is 3.93. The van der Waals surface area contributed by atoms with Gasteiger partial charge in [0.05, 0.1) is 0 Å². The number of nitrogens with one attached hydrogen (secondary N) is 1. The molecule has 108 valence electrons. The van der Waals surface area contributed by atoms with E-state index in [1.165, 1.54) is 41.0 Å². The lowest BCUT2D eigenvalue weighted by Gasteiger charge is -2.03. The summed E-state index contributed by atoms with van der Waals surface area (Å²) in [6.45, 7) is 3.64. The summed E-state index contributed by atoms with van der Waals surface area (Å²) in [4.78, 5) is 25.2. The highest BCUT2D eigenvalue weighted by Crippen LogP contribution is 2.29. The van der Waals surface area contributed by atoms with Crippen molar-refractivity contribution in [3.8, 4) is 0 Å². The monoisotopic (exact) mass is 293 g/mol. The number of esters is 1. The lowest BCUT2D eigenvalue weighted by molar-refractivity contribution is -0.124. The number of hydrogen-bond donors (Lipinski definition) is 1. The summed E-state index contributed by atoms with van der Waals surface area (Å²) in [7, 11) is 0. The molecule has 0 atom stereocenters. The molecule has 1 aliphatic carbocycles. The second kappa shape index (κ2) is 7.24. The van der Waals surface area contributed by atoms with Gasteiger partial charge in [-0.3, -0.25) is 4.79 Å². The van der Waals surface area contributed by atoms with E-state index in [-0.39, 0.29) is 12.5 Å². The first-order valence-corrected chi connectivity index (χ1v) is 7.68. The minimum atomic E-state index is -0.406. The summed E-state index contributed by atoms with van der Waals surface area (Å²) in [6, 6.07) is 1.93. The lowest BCUT2D eigenvalue weighted by Crippen LogP contribution is -2.28. The van der Waals surface area contributed by atoms with Crippen molar-refractivity contribution in [1.29, 1.82) is 0 Å². The maximum absolute atomic E-state index is 11.9. The SMILES string of the molecule is C=CCNC(=O)COC(=O)c1cc2c(s1)CCCCC2. The Bertz CT molecular complexity index is 484. The Kier molecular flexibility index (Phi) is 5.35. The molecule has 0 spiro atoms. The summed E-state index contributed by atoms with van der Waals surface area (Å²) in [5, 5.41) is 2.57. The largest absolute Gasteiger partial charge is 0.451 e. The van der Waals surface area contributed by atoms with Crippen LogP contribution in [0, 0.1) is 0 Å². The number of aryl methyl sites for hydroxylation is 2. The number of carbonyl (C=O) groups is 2. The third-order valence-electron chi connectivity index (χ3n) is 3.23. The van der Waals surface area contributed by atoms with Crippen molar-refractivity contribution >= 4 is 23.2 Å². The summed E-state index contributed by atoms with van der Waals surface area (Å²) in [5.74, 6) is -0.715.